The van der Waals surface area contributed by atoms with Crippen molar-refractivity contribution in [3.05, 3.63) is 51.9 Å². The number of halogens is 2. The predicted molar refractivity (Wildman–Crippen MR) is 125 cm³/mol. The quantitative estimate of drug-likeness (QED) is 0.399. The molecule has 1 fully saturated rings. The molecule has 182 valence electrons. The summed E-state index contributed by atoms with van der Waals surface area (Å²) in [7, 11) is 0. The summed E-state index contributed by atoms with van der Waals surface area (Å²) in [4.78, 5) is 21.6. The van der Waals surface area contributed by atoms with Crippen molar-refractivity contribution >= 4 is 28.8 Å². The minimum Gasteiger partial charge on any atom is -0.490 e. The van der Waals surface area contributed by atoms with Crippen molar-refractivity contribution < 1.29 is 24.1 Å². The molecule has 5 N–H and O–H groups in total. The van der Waals surface area contributed by atoms with Crippen molar-refractivity contribution in [3.8, 4) is 5.75 Å². The Hall–Kier alpha value is -2.95. The van der Waals surface area contributed by atoms with Crippen LogP contribution in [-0.2, 0) is 5.60 Å². The smallest absolute Gasteiger partial charge is 0.258 e. The number of rotatable bonds is 7. The van der Waals surface area contributed by atoms with Gasteiger partial charge < -0.3 is 26.0 Å². The highest BCUT2D eigenvalue weighted by atomic mass is 35.5. The number of aryl methyl sites for hydroxylation is 1. The van der Waals surface area contributed by atoms with Gasteiger partial charge in [0.15, 0.2) is 5.82 Å². The van der Waals surface area contributed by atoms with Crippen LogP contribution in [0.4, 0.5) is 10.2 Å². The van der Waals surface area contributed by atoms with Crippen LogP contribution in [0.3, 0.4) is 0 Å². The van der Waals surface area contributed by atoms with Crippen LogP contribution in [0.25, 0.3) is 5.52 Å². The van der Waals surface area contributed by atoms with Crippen molar-refractivity contribution in [3.63, 3.8) is 0 Å². The minimum atomic E-state index is -1.88. The van der Waals surface area contributed by atoms with E-state index in [2.05, 4.69) is 15.3 Å². The fourth-order valence-electron chi connectivity index (χ4n) is 3.89. The first-order chi connectivity index (χ1) is 15.9. The molecule has 2 heterocycles. The van der Waals surface area contributed by atoms with Crippen LogP contribution < -0.4 is 15.8 Å². The number of nitrogens with zero attached hydrogens (tertiary/aromatic N) is 3. The molecule has 2 aromatic heterocycles. The first kappa shape index (κ1) is 24.2. The number of aliphatic hydroxyl groups is 2. The summed E-state index contributed by atoms with van der Waals surface area (Å²) in [6.45, 7) is 6.55. The number of benzene rings is 1. The molecule has 1 amide bonds. The SMILES string of the molecule is Cc1nc([C@@](C)(O)c2cc(Cl)c(F)c(C(=O)NCC3(O)CC3)c2OC(C)C)n2ccnc(N)c12. The van der Waals surface area contributed by atoms with Crippen molar-refractivity contribution in [1.82, 2.24) is 19.7 Å². The molecular formula is C23H27ClFN5O4. The molecule has 0 aliphatic heterocycles. The van der Waals surface area contributed by atoms with Crippen LogP contribution in [0.1, 0.15) is 61.1 Å². The highest BCUT2D eigenvalue weighted by molar-refractivity contribution is 6.31. The van der Waals surface area contributed by atoms with Gasteiger partial charge in [-0.3, -0.25) is 9.20 Å². The predicted octanol–water partition coefficient (Wildman–Crippen LogP) is 2.71. The Kier molecular flexibility index (Phi) is 5.95. The van der Waals surface area contributed by atoms with Crippen LogP contribution in [0.15, 0.2) is 18.5 Å². The molecule has 0 saturated heterocycles. The molecule has 3 aromatic rings. The van der Waals surface area contributed by atoms with Gasteiger partial charge in [0.2, 0.25) is 0 Å². The minimum absolute atomic E-state index is 0.0407. The molecule has 1 aliphatic rings. The fourth-order valence-corrected chi connectivity index (χ4v) is 4.09. The summed E-state index contributed by atoms with van der Waals surface area (Å²) in [5, 5.41) is 24.0. The lowest BCUT2D eigenvalue weighted by molar-refractivity contribution is 0.0829. The number of ether oxygens (including phenoxy) is 1. The topological polar surface area (TPSA) is 135 Å². The maximum Gasteiger partial charge on any atom is 0.258 e. The molecular weight excluding hydrogens is 465 g/mol. The number of hydrogen-bond donors (Lipinski definition) is 4. The molecule has 1 aliphatic carbocycles. The normalized spacial score (nSPS) is 16.5. The van der Waals surface area contributed by atoms with E-state index in [1.54, 1.807) is 31.4 Å². The highest BCUT2D eigenvalue weighted by Gasteiger charge is 2.42. The Morgan fingerprint density at radius 2 is 2.15 bits per heavy atom. The Morgan fingerprint density at radius 1 is 1.47 bits per heavy atom. The zero-order valence-electron chi connectivity index (χ0n) is 19.3. The zero-order valence-corrected chi connectivity index (χ0v) is 20.1. The summed E-state index contributed by atoms with van der Waals surface area (Å²) in [6.07, 6.45) is 3.68. The Morgan fingerprint density at radius 3 is 2.76 bits per heavy atom. The van der Waals surface area contributed by atoms with Gasteiger partial charge in [0.1, 0.15) is 34.1 Å². The summed E-state index contributed by atoms with van der Waals surface area (Å²) in [6, 6.07) is 1.22. The van der Waals surface area contributed by atoms with Gasteiger partial charge in [-0.15, -0.1) is 0 Å². The standard InChI is InChI=1S/C23H27ClFN5O4/c1-11(2)34-18-13(9-14(24)16(25)15(18)20(31)28-10-23(33)5-6-23)22(4,32)21-29-12(3)17-19(26)27-7-8-30(17)21/h7-9,11,32-33H,5-6,10H2,1-4H3,(H2,26,27)(H,28,31)/t22-/m0/s1. The first-order valence-electron chi connectivity index (χ1n) is 10.9. The van der Waals surface area contributed by atoms with Gasteiger partial charge in [-0.1, -0.05) is 11.6 Å². The van der Waals surface area contributed by atoms with Gasteiger partial charge in [0.25, 0.3) is 5.91 Å². The van der Waals surface area contributed by atoms with E-state index in [1.165, 1.54) is 19.2 Å². The Labute approximate surface area is 200 Å². The number of carbonyl (C=O) groups is 1. The van der Waals surface area contributed by atoms with E-state index in [4.69, 9.17) is 22.1 Å². The van der Waals surface area contributed by atoms with E-state index in [0.717, 1.165) is 0 Å². The van der Waals surface area contributed by atoms with Gasteiger partial charge in [-0.25, -0.2) is 14.4 Å². The van der Waals surface area contributed by atoms with E-state index >= 15 is 4.39 Å². The molecule has 0 spiro atoms. The molecule has 0 bridgehead atoms. The van der Waals surface area contributed by atoms with Crippen LogP contribution in [0.5, 0.6) is 5.75 Å². The molecule has 11 heteroatoms. The fraction of sp³-hybridized carbons (Fsp3) is 0.435. The Balaban J connectivity index is 1.91. The monoisotopic (exact) mass is 491 g/mol. The van der Waals surface area contributed by atoms with Crippen LogP contribution in [0, 0.1) is 12.7 Å². The molecule has 1 aromatic carbocycles. The molecule has 0 radical (unpaired) electrons. The largest absolute Gasteiger partial charge is 0.490 e. The average Bonchev–Trinajstić information content (AvgIpc) is 3.38. The molecule has 0 unspecified atom stereocenters. The maximum absolute atomic E-state index is 15.2. The number of aromatic nitrogens is 3. The van der Waals surface area contributed by atoms with Gasteiger partial charge in [0.05, 0.1) is 22.4 Å². The zero-order chi connectivity index (χ0) is 25.0. The van der Waals surface area contributed by atoms with Gasteiger partial charge in [0, 0.05) is 24.5 Å². The van der Waals surface area contributed by atoms with Crippen LogP contribution in [0.2, 0.25) is 5.02 Å². The third kappa shape index (κ3) is 4.17. The van der Waals surface area contributed by atoms with Crippen molar-refractivity contribution in [2.45, 2.75) is 57.8 Å². The van der Waals surface area contributed by atoms with E-state index in [9.17, 15) is 15.0 Å². The third-order valence-electron chi connectivity index (χ3n) is 5.87. The molecule has 4 rings (SSSR count). The summed E-state index contributed by atoms with van der Waals surface area (Å²) in [5.41, 5.74) is 3.76. The van der Waals surface area contributed by atoms with E-state index in [1.807, 2.05) is 0 Å². The number of nitrogens with one attached hydrogen (secondary N) is 1. The van der Waals surface area contributed by atoms with Crippen LogP contribution >= 0.6 is 11.6 Å². The van der Waals surface area contributed by atoms with Crippen LogP contribution in [-0.4, -0.2) is 48.7 Å². The number of fused-ring (bicyclic) bond motifs is 1. The molecule has 1 saturated carbocycles. The number of imidazole rings is 1. The molecule has 1 atom stereocenters. The Bertz CT molecular complexity index is 1290. The second kappa shape index (κ2) is 8.37. The number of nitrogen functional groups attached to an aromatic ring is 1. The van der Waals surface area contributed by atoms with E-state index in [-0.39, 0.29) is 34.5 Å². The van der Waals surface area contributed by atoms with Crippen molar-refractivity contribution in [2.75, 3.05) is 12.3 Å². The van der Waals surface area contributed by atoms with Gasteiger partial charge >= 0.3 is 0 Å². The number of nitrogens with two attached hydrogens (primary N) is 1. The van der Waals surface area contributed by atoms with E-state index in [0.29, 0.717) is 24.1 Å². The lowest BCUT2D eigenvalue weighted by Crippen LogP contribution is -2.35. The van der Waals surface area contributed by atoms with Gasteiger partial charge in [-0.2, -0.15) is 0 Å². The highest BCUT2D eigenvalue weighted by Crippen LogP contribution is 2.42. The lowest BCUT2D eigenvalue weighted by atomic mass is 9.91. The van der Waals surface area contributed by atoms with Crippen molar-refractivity contribution in [1.29, 1.82) is 0 Å². The third-order valence-corrected chi connectivity index (χ3v) is 6.15. The second-order valence-electron chi connectivity index (χ2n) is 9.12. The summed E-state index contributed by atoms with van der Waals surface area (Å²) in [5.74, 6) is -1.59. The summed E-state index contributed by atoms with van der Waals surface area (Å²) >= 11 is 6.19. The average molecular weight is 492 g/mol. The lowest BCUT2D eigenvalue weighted by Gasteiger charge is -2.28. The second-order valence-corrected chi connectivity index (χ2v) is 9.53. The summed E-state index contributed by atoms with van der Waals surface area (Å²) < 4.78 is 22.7. The number of anilines is 1. The van der Waals surface area contributed by atoms with Crippen molar-refractivity contribution in [2.24, 2.45) is 0 Å². The van der Waals surface area contributed by atoms with E-state index < -0.39 is 34.6 Å². The molecule has 34 heavy (non-hydrogen) atoms. The number of hydrogen-bond acceptors (Lipinski definition) is 7. The number of amides is 1. The maximum atomic E-state index is 15.2. The molecule has 9 nitrogen and oxygen atoms in total. The van der Waals surface area contributed by atoms with Gasteiger partial charge in [-0.05, 0) is 46.6 Å². The first-order valence-corrected chi connectivity index (χ1v) is 11.2. The number of carbonyl (C=O) groups excluding carboxylic acids is 1.